The number of rotatable bonds is 10. The number of hydrogen-bond acceptors (Lipinski definition) is 6. The van der Waals surface area contributed by atoms with Crippen LogP contribution < -0.4 is 15.4 Å². The number of carbonyl (C=O) groups excluding carboxylic acids is 3. The van der Waals surface area contributed by atoms with Gasteiger partial charge in [-0.25, -0.2) is 0 Å². The van der Waals surface area contributed by atoms with E-state index in [2.05, 4.69) is 10.6 Å². The van der Waals surface area contributed by atoms with Crippen molar-refractivity contribution in [2.24, 2.45) is 17.8 Å². The highest BCUT2D eigenvalue weighted by molar-refractivity contribution is 8.02. The third kappa shape index (κ3) is 4.31. The quantitative estimate of drug-likeness (QED) is 0.453. The molecule has 7 atom stereocenters. The summed E-state index contributed by atoms with van der Waals surface area (Å²) in [5.41, 5.74) is 0.613. The maximum Gasteiger partial charge on any atom is 0.248 e. The summed E-state index contributed by atoms with van der Waals surface area (Å²) in [5.74, 6) is -0.865. The molecule has 3 fully saturated rings. The zero-order valence-corrected chi connectivity index (χ0v) is 21.8. The smallest absolute Gasteiger partial charge is 0.248 e. The van der Waals surface area contributed by atoms with Crippen molar-refractivity contribution in [2.75, 3.05) is 25.6 Å². The van der Waals surface area contributed by atoms with Crippen LogP contribution in [0.4, 0.5) is 5.69 Å². The Kier molecular flexibility index (Phi) is 7.66. The molecule has 3 amide bonds. The van der Waals surface area contributed by atoms with E-state index in [4.69, 9.17) is 4.74 Å². The van der Waals surface area contributed by atoms with Crippen LogP contribution in [-0.2, 0) is 14.4 Å². The zero-order valence-electron chi connectivity index (χ0n) is 21.0. The predicted octanol–water partition coefficient (Wildman–Crippen LogP) is 2.66. The Morgan fingerprint density at radius 3 is 2.57 bits per heavy atom. The molecule has 4 rings (SSSR count). The van der Waals surface area contributed by atoms with Gasteiger partial charge in [0.2, 0.25) is 17.7 Å². The fourth-order valence-corrected chi connectivity index (χ4v) is 8.32. The third-order valence-corrected chi connectivity index (χ3v) is 9.99. The first-order valence-electron chi connectivity index (χ1n) is 12.7. The molecule has 3 aliphatic heterocycles. The van der Waals surface area contributed by atoms with Gasteiger partial charge in [0.25, 0.3) is 0 Å². The maximum absolute atomic E-state index is 14.1. The Balaban J connectivity index is 1.71. The number of nitrogens with zero attached hydrogens (tertiary/aromatic N) is 1. The van der Waals surface area contributed by atoms with Crippen LogP contribution in [0.1, 0.15) is 46.5 Å². The molecule has 3 aliphatic rings. The van der Waals surface area contributed by atoms with Crippen LogP contribution in [0, 0.1) is 17.8 Å². The minimum absolute atomic E-state index is 0.00466. The lowest BCUT2D eigenvalue weighted by Crippen LogP contribution is -2.56. The molecule has 192 valence electrons. The number of carbonyl (C=O) groups is 3. The Hall–Kier alpha value is -2.26. The number of benzene rings is 1. The van der Waals surface area contributed by atoms with Crippen molar-refractivity contribution in [3.05, 3.63) is 24.3 Å². The lowest BCUT2D eigenvalue weighted by atomic mass is 9.70. The van der Waals surface area contributed by atoms with Crippen molar-refractivity contribution in [3.8, 4) is 5.75 Å². The molecule has 1 aromatic rings. The molecule has 3 saturated heterocycles. The molecular formula is C26H37N3O5S. The van der Waals surface area contributed by atoms with Crippen molar-refractivity contribution in [3.63, 3.8) is 0 Å². The minimum Gasteiger partial charge on any atom is -0.497 e. The average molecular weight is 504 g/mol. The molecule has 8 nitrogen and oxygen atoms in total. The molecule has 2 unspecified atom stereocenters. The fourth-order valence-electron chi connectivity index (χ4n) is 6.11. The zero-order chi connectivity index (χ0) is 25.3. The normalized spacial score (nSPS) is 30.7. The summed E-state index contributed by atoms with van der Waals surface area (Å²) >= 11 is 1.64. The summed E-state index contributed by atoms with van der Waals surface area (Å²) < 4.78 is 4.54. The Bertz CT molecular complexity index is 957. The minimum atomic E-state index is -0.757. The second-order valence-corrected chi connectivity index (χ2v) is 11.5. The molecule has 0 aromatic heterocycles. The number of methoxy groups -OCH3 is 1. The van der Waals surface area contributed by atoms with Gasteiger partial charge in [-0.15, -0.1) is 11.8 Å². The van der Waals surface area contributed by atoms with Crippen molar-refractivity contribution < 1.29 is 24.2 Å². The lowest BCUT2D eigenvalue weighted by molar-refractivity contribution is -0.143. The van der Waals surface area contributed by atoms with Gasteiger partial charge in [0, 0.05) is 17.5 Å². The molecule has 35 heavy (non-hydrogen) atoms. The number of thioether (sulfide) groups is 1. The topological polar surface area (TPSA) is 108 Å². The van der Waals surface area contributed by atoms with Crippen LogP contribution in [0.5, 0.6) is 5.75 Å². The highest BCUT2D eigenvalue weighted by Gasteiger charge is 2.74. The highest BCUT2D eigenvalue weighted by Crippen LogP contribution is 2.66. The predicted molar refractivity (Wildman–Crippen MR) is 136 cm³/mol. The van der Waals surface area contributed by atoms with Gasteiger partial charge < -0.3 is 25.4 Å². The number of nitrogens with one attached hydrogen (secondary N) is 2. The van der Waals surface area contributed by atoms with E-state index >= 15 is 0 Å². The van der Waals surface area contributed by atoms with E-state index in [9.17, 15) is 19.5 Å². The van der Waals surface area contributed by atoms with Crippen molar-refractivity contribution in [1.29, 1.82) is 0 Å². The average Bonchev–Trinajstić information content (AvgIpc) is 3.51. The summed E-state index contributed by atoms with van der Waals surface area (Å²) in [7, 11) is 1.58. The molecule has 0 saturated carbocycles. The van der Waals surface area contributed by atoms with Crippen LogP contribution >= 0.6 is 11.8 Å². The molecule has 0 radical (unpaired) electrons. The number of fused-ring (bicyclic) bond motifs is 1. The largest absolute Gasteiger partial charge is 0.497 e. The maximum atomic E-state index is 14.1. The van der Waals surface area contributed by atoms with Gasteiger partial charge in [-0.2, -0.15) is 0 Å². The van der Waals surface area contributed by atoms with Gasteiger partial charge >= 0.3 is 0 Å². The van der Waals surface area contributed by atoms with E-state index in [1.165, 1.54) is 0 Å². The lowest BCUT2D eigenvalue weighted by Gasteiger charge is -2.39. The van der Waals surface area contributed by atoms with Crippen LogP contribution in [0.3, 0.4) is 0 Å². The second kappa shape index (κ2) is 10.4. The number of ether oxygens (including phenoxy) is 1. The Morgan fingerprint density at radius 1 is 1.26 bits per heavy atom. The van der Waals surface area contributed by atoms with Crippen LogP contribution in [-0.4, -0.2) is 70.1 Å². The fraction of sp³-hybridized carbons (Fsp3) is 0.654. The van der Waals surface area contributed by atoms with Crippen LogP contribution in [0.15, 0.2) is 24.3 Å². The summed E-state index contributed by atoms with van der Waals surface area (Å²) in [6.45, 7) is 6.35. The molecule has 1 spiro atoms. The number of amides is 3. The van der Waals surface area contributed by atoms with Crippen LogP contribution in [0.25, 0.3) is 0 Å². The van der Waals surface area contributed by atoms with E-state index < -0.39 is 28.7 Å². The third-order valence-electron chi connectivity index (χ3n) is 8.04. The molecule has 3 N–H and O–H groups in total. The number of aliphatic hydroxyl groups is 1. The van der Waals surface area contributed by atoms with Crippen molar-refractivity contribution in [2.45, 2.75) is 68.5 Å². The monoisotopic (exact) mass is 503 g/mol. The highest BCUT2D eigenvalue weighted by atomic mass is 32.2. The van der Waals surface area contributed by atoms with Gasteiger partial charge in [-0.3, -0.25) is 14.4 Å². The van der Waals surface area contributed by atoms with E-state index in [1.54, 1.807) is 48.0 Å². The summed E-state index contributed by atoms with van der Waals surface area (Å²) in [4.78, 5) is 42.8. The summed E-state index contributed by atoms with van der Waals surface area (Å²) in [6.07, 6.45) is 3.08. The van der Waals surface area contributed by atoms with Gasteiger partial charge in [0.1, 0.15) is 11.8 Å². The Morgan fingerprint density at radius 2 is 1.97 bits per heavy atom. The van der Waals surface area contributed by atoms with Crippen molar-refractivity contribution in [1.82, 2.24) is 10.2 Å². The SMILES string of the molecule is CCCNC(=O)[C@@H]1[C@@H]2CCC3(S2)C(C(=O)Nc2ccc(OC)cc2)N([C@@H](CO)[C@@H](C)CC)C(=O)[C@H]13. The standard InChI is InChI=1S/C26H37N3O5S/c1-5-13-27-23(31)20-19-11-12-26(35-19)21(20)25(33)29(18(14-30)15(3)6-2)22(26)24(32)28-16-7-9-17(34-4)10-8-16/h7-10,15,18-22,30H,5-6,11-14H2,1-4H3,(H,27,31)(H,28,32)/t15-,18-,19-,20+,21-,22?,26?/m0/s1. The summed E-state index contributed by atoms with van der Waals surface area (Å²) in [5, 5.41) is 16.4. The number of likely N-dealkylation sites (tertiary alicyclic amines) is 1. The van der Waals surface area contributed by atoms with Crippen LogP contribution in [0.2, 0.25) is 0 Å². The second-order valence-electron chi connectivity index (χ2n) is 9.95. The van der Waals surface area contributed by atoms with E-state index in [1.807, 2.05) is 20.8 Å². The first-order valence-corrected chi connectivity index (χ1v) is 13.5. The number of anilines is 1. The van der Waals surface area contributed by atoms with E-state index in [-0.39, 0.29) is 35.5 Å². The molecule has 0 aliphatic carbocycles. The van der Waals surface area contributed by atoms with Gasteiger partial charge in [0.15, 0.2) is 0 Å². The van der Waals surface area contributed by atoms with Gasteiger partial charge in [-0.05, 0) is 49.4 Å². The molecular weight excluding hydrogens is 466 g/mol. The van der Waals surface area contributed by atoms with Crippen molar-refractivity contribution >= 4 is 35.2 Å². The molecule has 9 heteroatoms. The first kappa shape index (κ1) is 25.8. The summed E-state index contributed by atoms with van der Waals surface area (Å²) in [6, 6.07) is 5.84. The van der Waals surface area contributed by atoms with Gasteiger partial charge in [-0.1, -0.05) is 27.2 Å². The first-order chi connectivity index (χ1) is 16.8. The van der Waals surface area contributed by atoms with E-state index in [0.29, 0.717) is 24.4 Å². The van der Waals surface area contributed by atoms with Gasteiger partial charge in [0.05, 0.1) is 36.3 Å². The Labute approximate surface area is 211 Å². The molecule has 1 aromatic carbocycles. The molecule has 2 bridgehead atoms. The number of aliphatic hydroxyl groups excluding tert-OH is 1. The number of hydrogen-bond donors (Lipinski definition) is 3. The van der Waals surface area contributed by atoms with E-state index in [0.717, 1.165) is 19.3 Å². The molecule has 3 heterocycles.